The van der Waals surface area contributed by atoms with Gasteiger partial charge in [-0.15, -0.1) is 0 Å². The van der Waals surface area contributed by atoms with Crippen molar-refractivity contribution in [3.8, 4) is 11.4 Å². The van der Waals surface area contributed by atoms with Gasteiger partial charge in [0.1, 0.15) is 5.82 Å². The summed E-state index contributed by atoms with van der Waals surface area (Å²) in [6, 6.07) is 6.95. The third-order valence-corrected chi connectivity index (χ3v) is 5.32. The number of benzene rings is 1. The van der Waals surface area contributed by atoms with Crippen LogP contribution in [0.5, 0.6) is 0 Å². The molecule has 0 aliphatic rings. The molecular formula is C16H20N4O3S. The Kier molecular flexibility index (Phi) is 4.44. The first-order chi connectivity index (χ1) is 11.5. The highest BCUT2D eigenvalue weighted by Gasteiger charge is 2.17. The lowest BCUT2D eigenvalue weighted by atomic mass is 10.3. The molecule has 2 heterocycles. The van der Waals surface area contributed by atoms with E-state index in [-0.39, 0.29) is 4.90 Å². The number of hydrogen-bond donors (Lipinski definition) is 1. The molecule has 24 heavy (non-hydrogen) atoms. The molecule has 2 aromatic heterocycles. The number of nitrogens with one attached hydrogen (secondary N) is 1. The first-order valence-electron chi connectivity index (χ1n) is 7.51. The van der Waals surface area contributed by atoms with Crippen molar-refractivity contribution in [1.82, 2.24) is 18.8 Å². The van der Waals surface area contributed by atoms with E-state index in [9.17, 15) is 8.42 Å². The Morgan fingerprint density at radius 3 is 2.71 bits per heavy atom. The van der Waals surface area contributed by atoms with Crippen LogP contribution in [0.2, 0.25) is 0 Å². The van der Waals surface area contributed by atoms with E-state index in [1.807, 2.05) is 34.6 Å². The highest BCUT2D eigenvalue weighted by molar-refractivity contribution is 7.89. The van der Waals surface area contributed by atoms with Crippen molar-refractivity contribution >= 4 is 21.1 Å². The van der Waals surface area contributed by atoms with Crippen LogP contribution in [0.25, 0.3) is 22.4 Å². The lowest BCUT2D eigenvalue weighted by Crippen LogP contribution is -2.18. The number of methoxy groups -OCH3 is 1. The zero-order chi connectivity index (χ0) is 17.3. The molecule has 0 atom stereocenters. The van der Waals surface area contributed by atoms with Crippen LogP contribution in [0.1, 0.15) is 0 Å². The highest BCUT2D eigenvalue weighted by Crippen LogP contribution is 2.26. The number of aryl methyl sites for hydroxylation is 1. The molecule has 3 aromatic rings. The molecule has 0 unspecified atom stereocenters. The van der Waals surface area contributed by atoms with Crippen molar-refractivity contribution in [2.75, 3.05) is 20.8 Å². The molecule has 0 aliphatic carbocycles. The summed E-state index contributed by atoms with van der Waals surface area (Å²) in [5.41, 5.74) is 2.49. The Hall–Kier alpha value is -2.16. The van der Waals surface area contributed by atoms with E-state index in [0.29, 0.717) is 18.7 Å². The summed E-state index contributed by atoms with van der Waals surface area (Å²) in [6.07, 6.45) is 3.93. The highest BCUT2D eigenvalue weighted by atomic mass is 32.2. The molecule has 0 fully saturated rings. The summed E-state index contributed by atoms with van der Waals surface area (Å²) < 4.78 is 35.5. The topological polar surface area (TPSA) is 78.2 Å². The molecule has 0 spiro atoms. The maximum atomic E-state index is 12.0. The molecule has 3 rings (SSSR count). The molecular weight excluding hydrogens is 328 g/mol. The second kappa shape index (κ2) is 6.39. The van der Waals surface area contributed by atoms with E-state index >= 15 is 0 Å². The molecule has 0 saturated carbocycles. The minimum absolute atomic E-state index is 0.202. The molecule has 0 radical (unpaired) electrons. The summed E-state index contributed by atoms with van der Waals surface area (Å²) in [6.45, 7) is 1.18. The zero-order valence-electron chi connectivity index (χ0n) is 13.9. The Labute approximate surface area is 140 Å². The fraction of sp³-hybridized carbons (Fsp3) is 0.312. The lowest BCUT2D eigenvalue weighted by Gasteiger charge is -2.08. The first-order valence-corrected chi connectivity index (χ1v) is 8.99. The SMILES string of the molecule is CNS(=O)(=O)c1ccc2c(c1)nc(-c1ccn(C)c1)n2CCOC. The molecule has 0 aliphatic heterocycles. The summed E-state index contributed by atoms with van der Waals surface area (Å²) in [5.74, 6) is 0.793. The summed E-state index contributed by atoms with van der Waals surface area (Å²) >= 11 is 0. The average Bonchev–Trinajstić information content (AvgIpc) is 3.15. The van der Waals surface area contributed by atoms with E-state index in [1.165, 1.54) is 7.05 Å². The second-order valence-corrected chi connectivity index (χ2v) is 7.39. The summed E-state index contributed by atoms with van der Waals surface area (Å²) in [7, 11) is 1.50. The van der Waals surface area contributed by atoms with Gasteiger partial charge in [0.2, 0.25) is 10.0 Å². The van der Waals surface area contributed by atoms with Crippen LogP contribution in [0, 0.1) is 0 Å². The van der Waals surface area contributed by atoms with Crippen LogP contribution in [-0.2, 0) is 28.4 Å². The van der Waals surface area contributed by atoms with Gasteiger partial charge in [0.15, 0.2) is 0 Å². The number of aromatic nitrogens is 3. The molecule has 0 amide bonds. The maximum absolute atomic E-state index is 12.0. The Morgan fingerprint density at radius 2 is 2.08 bits per heavy atom. The van der Waals surface area contributed by atoms with Gasteiger partial charge in [-0.1, -0.05) is 0 Å². The van der Waals surface area contributed by atoms with Crippen molar-refractivity contribution in [3.63, 3.8) is 0 Å². The van der Waals surface area contributed by atoms with Gasteiger partial charge in [-0.25, -0.2) is 18.1 Å². The maximum Gasteiger partial charge on any atom is 0.240 e. The summed E-state index contributed by atoms with van der Waals surface area (Å²) in [5, 5.41) is 0. The van der Waals surface area contributed by atoms with Crippen LogP contribution in [0.4, 0.5) is 0 Å². The van der Waals surface area contributed by atoms with Gasteiger partial charge in [0, 0.05) is 38.7 Å². The van der Waals surface area contributed by atoms with E-state index in [2.05, 4.69) is 9.71 Å². The van der Waals surface area contributed by atoms with Gasteiger partial charge >= 0.3 is 0 Å². The number of hydrogen-bond acceptors (Lipinski definition) is 4. The number of sulfonamides is 1. The Balaban J connectivity index is 2.19. The van der Waals surface area contributed by atoms with Crippen LogP contribution in [-0.4, -0.2) is 43.3 Å². The van der Waals surface area contributed by atoms with Gasteiger partial charge < -0.3 is 13.9 Å². The summed E-state index contributed by atoms with van der Waals surface area (Å²) in [4.78, 5) is 4.86. The zero-order valence-corrected chi connectivity index (χ0v) is 14.7. The molecule has 1 N–H and O–H groups in total. The monoisotopic (exact) mass is 348 g/mol. The number of fused-ring (bicyclic) bond motifs is 1. The van der Waals surface area contributed by atoms with Crippen LogP contribution < -0.4 is 4.72 Å². The number of ether oxygens (including phenoxy) is 1. The van der Waals surface area contributed by atoms with E-state index in [1.54, 1.807) is 25.3 Å². The number of rotatable bonds is 6. The minimum Gasteiger partial charge on any atom is -0.383 e. The predicted octanol–water partition coefficient (Wildman–Crippen LogP) is 1.60. The fourth-order valence-electron chi connectivity index (χ4n) is 2.66. The Morgan fingerprint density at radius 1 is 1.29 bits per heavy atom. The molecule has 1 aromatic carbocycles. The van der Waals surface area contributed by atoms with Gasteiger partial charge in [-0.2, -0.15) is 0 Å². The van der Waals surface area contributed by atoms with Crippen LogP contribution in [0.3, 0.4) is 0 Å². The average molecular weight is 348 g/mol. The van der Waals surface area contributed by atoms with Gasteiger partial charge in [-0.3, -0.25) is 0 Å². The van der Waals surface area contributed by atoms with Crippen molar-refractivity contribution in [2.24, 2.45) is 7.05 Å². The van der Waals surface area contributed by atoms with Crippen molar-refractivity contribution in [1.29, 1.82) is 0 Å². The first kappa shape index (κ1) is 16.7. The quantitative estimate of drug-likeness (QED) is 0.734. The minimum atomic E-state index is -3.50. The largest absolute Gasteiger partial charge is 0.383 e. The fourth-order valence-corrected chi connectivity index (χ4v) is 3.41. The lowest BCUT2D eigenvalue weighted by molar-refractivity contribution is 0.188. The van der Waals surface area contributed by atoms with Crippen LogP contribution >= 0.6 is 0 Å². The van der Waals surface area contributed by atoms with Gasteiger partial charge in [-0.05, 0) is 31.3 Å². The predicted molar refractivity (Wildman–Crippen MR) is 92.3 cm³/mol. The third kappa shape index (κ3) is 2.95. The van der Waals surface area contributed by atoms with Crippen LogP contribution in [0.15, 0.2) is 41.6 Å². The molecule has 7 nitrogen and oxygen atoms in total. The Bertz CT molecular complexity index is 973. The van der Waals surface area contributed by atoms with Crippen molar-refractivity contribution in [3.05, 3.63) is 36.7 Å². The van der Waals surface area contributed by atoms with Crippen molar-refractivity contribution < 1.29 is 13.2 Å². The van der Waals surface area contributed by atoms with Crippen molar-refractivity contribution in [2.45, 2.75) is 11.4 Å². The smallest absolute Gasteiger partial charge is 0.240 e. The van der Waals surface area contributed by atoms with E-state index < -0.39 is 10.0 Å². The van der Waals surface area contributed by atoms with Gasteiger partial charge in [0.25, 0.3) is 0 Å². The van der Waals surface area contributed by atoms with E-state index in [4.69, 9.17) is 4.74 Å². The van der Waals surface area contributed by atoms with E-state index in [0.717, 1.165) is 16.9 Å². The molecule has 0 saturated heterocycles. The number of imidazole rings is 1. The third-order valence-electron chi connectivity index (χ3n) is 3.91. The molecule has 0 bridgehead atoms. The van der Waals surface area contributed by atoms with Gasteiger partial charge in [0.05, 0.1) is 22.5 Å². The second-order valence-electron chi connectivity index (χ2n) is 5.50. The standard InChI is InChI=1S/C16H20N4O3S/c1-17-24(21,22)13-4-5-15-14(10-13)18-16(20(15)8-9-23-3)12-6-7-19(2)11-12/h4-7,10-11,17H,8-9H2,1-3H3. The molecule has 8 heteroatoms. The number of nitrogens with zero attached hydrogens (tertiary/aromatic N) is 3. The molecule has 128 valence electrons. The normalized spacial score (nSPS) is 12.1.